The van der Waals surface area contributed by atoms with Gasteiger partial charge in [-0.1, -0.05) is 207 Å². The number of carbonyl (C=O) groups is 3. The lowest BCUT2D eigenvalue weighted by molar-refractivity contribution is -0.150. The Morgan fingerprint density at radius 1 is 0.412 bits per heavy atom. The molecular weight excluding hydrogens is 633 g/mol. The van der Waals surface area contributed by atoms with Crippen LogP contribution in [0.15, 0.2) is 0 Å². The summed E-state index contributed by atoms with van der Waals surface area (Å²) in [5.74, 6) is -0.112. The maximum atomic E-state index is 12.1. The van der Waals surface area contributed by atoms with Crippen molar-refractivity contribution in [2.45, 2.75) is 271 Å². The maximum absolute atomic E-state index is 12.1. The van der Waals surface area contributed by atoms with Crippen molar-refractivity contribution in [3.63, 3.8) is 0 Å². The van der Waals surface area contributed by atoms with Crippen LogP contribution in [0.3, 0.4) is 0 Å². The molecule has 0 aromatic carbocycles. The normalized spacial score (nSPS) is 12.2. The Bertz CT molecular complexity index is 681. The van der Waals surface area contributed by atoms with Gasteiger partial charge < -0.3 is 19.1 Å². The molecular formula is C46H90O5. The first-order valence-corrected chi connectivity index (χ1v) is 22.8. The number of hydrogen-bond donors (Lipinski definition) is 0. The smallest absolute Gasteiger partial charge is 0.306 e. The van der Waals surface area contributed by atoms with Crippen molar-refractivity contribution < 1.29 is 23.9 Å². The summed E-state index contributed by atoms with van der Waals surface area (Å²) in [5.41, 5.74) is 0. The highest BCUT2D eigenvalue weighted by Gasteiger charge is 2.14. The van der Waals surface area contributed by atoms with Gasteiger partial charge in [-0.25, -0.2) is 0 Å². The molecule has 0 N–H and O–H groups in total. The molecule has 0 amide bonds. The van der Waals surface area contributed by atoms with Crippen LogP contribution < -0.4 is 0 Å². The lowest BCUT2D eigenvalue weighted by atomic mass is 10.0. The third-order valence-corrected chi connectivity index (χ3v) is 10.2. The zero-order valence-corrected chi connectivity index (χ0v) is 35.0. The van der Waals surface area contributed by atoms with E-state index in [1.54, 1.807) is 0 Å². The SMILES string of the molecule is CCCCCCCCCCCCCC(=O)OC(CC=O)CCCCCCCCCCC.CCCCCCCCCCCCCC(CC=O)OCC. The Labute approximate surface area is 319 Å². The van der Waals surface area contributed by atoms with Crippen LogP contribution in [0.5, 0.6) is 0 Å². The molecule has 0 heterocycles. The molecule has 5 nitrogen and oxygen atoms in total. The topological polar surface area (TPSA) is 69.7 Å². The van der Waals surface area contributed by atoms with E-state index in [-0.39, 0.29) is 18.2 Å². The van der Waals surface area contributed by atoms with Crippen LogP contribution >= 0.6 is 0 Å². The summed E-state index contributed by atoms with van der Waals surface area (Å²) in [7, 11) is 0. The monoisotopic (exact) mass is 723 g/mol. The van der Waals surface area contributed by atoms with Crippen LogP contribution in [0.4, 0.5) is 0 Å². The predicted octanol–water partition coefficient (Wildman–Crippen LogP) is 14.8. The van der Waals surface area contributed by atoms with Gasteiger partial charge in [0.1, 0.15) is 18.7 Å². The summed E-state index contributed by atoms with van der Waals surface area (Å²) in [6.07, 6.45) is 45.8. The first-order valence-electron chi connectivity index (χ1n) is 22.8. The fourth-order valence-corrected chi connectivity index (χ4v) is 6.84. The van der Waals surface area contributed by atoms with Crippen molar-refractivity contribution in [3.8, 4) is 0 Å². The van der Waals surface area contributed by atoms with Gasteiger partial charge in [-0.2, -0.15) is 0 Å². The number of carbonyl (C=O) groups excluding carboxylic acids is 3. The third-order valence-electron chi connectivity index (χ3n) is 10.2. The Hall–Kier alpha value is -1.23. The van der Waals surface area contributed by atoms with E-state index in [1.807, 2.05) is 6.92 Å². The minimum Gasteiger partial charge on any atom is -0.462 e. The van der Waals surface area contributed by atoms with Gasteiger partial charge in [0, 0.05) is 25.9 Å². The first kappa shape index (κ1) is 51.9. The second-order valence-electron chi connectivity index (χ2n) is 15.2. The zero-order valence-electron chi connectivity index (χ0n) is 35.0. The molecule has 0 aromatic rings. The molecule has 0 aliphatic heterocycles. The number of hydrogen-bond acceptors (Lipinski definition) is 5. The molecule has 5 heteroatoms. The molecule has 2 atom stereocenters. The van der Waals surface area contributed by atoms with Crippen molar-refractivity contribution in [2.24, 2.45) is 0 Å². The van der Waals surface area contributed by atoms with Gasteiger partial charge in [0.25, 0.3) is 0 Å². The van der Waals surface area contributed by atoms with Crippen molar-refractivity contribution in [2.75, 3.05) is 6.61 Å². The molecule has 0 radical (unpaired) electrons. The predicted molar refractivity (Wildman–Crippen MR) is 221 cm³/mol. The van der Waals surface area contributed by atoms with E-state index >= 15 is 0 Å². The average molecular weight is 723 g/mol. The van der Waals surface area contributed by atoms with Crippen molar-refractivity contribution in [1.82, 2.24) is 0 Å². The highest BCUT2D eigenvalue weighted by atomic mass is 16.5. The Kier molecular flexibility index (Phi) is 47.6. The molecule has 0 aromatic heterocycles. The van der Waals surface area contributed by atoms with Gasteiger partial charge in [0.2, 0.25) is 0 Å². The molecule has 51 heavy (non-hydrogen) atoms. The van der Waals surface area contributed by atoms with Crippen LogP contribution in [0.25, 0.3) is 0 Å². The molecule has 0 bridgehead atoms. The number of unbranched alkanes of at least 4 members (excludes halogenated alkanes) is 28. The summed E-state index contributed by atoms with van der Waals surface area (Å²) in [6, 6.07) is 0. The summed E-state index contributed by atoms with van der Waals surface area (Å²) in [6.45, 7) is 9.50. The number of rotatable bonds is 41. The van der Waals surface area contributed by atoms with E-state index in [0.29, 0.717) is 19.3 Å². The Balaban J connectivity index is 0. The second kappa shape index (κ2) is 46.8. The highest BCUT2D eigenvalue weighted by molar-refractivity contribution is 5.69. The van der Waals surface area contributed by atoms with Gasteiger partial charge >= 0.3 is 5.97 Å². The van der Waals surface area contributed by atoms with Crippen LogP contribution in [-0.2, 0) is 23.9 Å². The van der Waals surface area contributed by atoms with Crippen LogP contribution in [0, 0.1) is 0 Å². The molecule has 2 unspecified atom stereocenters. The molecule has 0 saturated carbocycles. The second-order valence-corrected chi connectivity index (χ2v) is 15.2. The molecule has 0 spiro atoms. The number of aldehydes is 2. The van der Waals surface area contributed by atoms with E-state index < -0.39 is 0 Å². The average Bonchev–Trinajstić information content (AvgIpc) is 3.12. The summed E-state index contributed by atoms with van der Waals surface area (Å²) >= 11 is 0. The number of esters is 1. The van der Waals surface area contributed by atoms with E-state index in [0.717, 1.165) is 51.3 Å². The van der Waals surface area contributed by atoms with Crippen LogP contribution in [0.2, 0.25) is 0 Å². The molecule has 0 rings (SSSR count). The van der Waals surface area contributed by atoms with Gasteiger partial charge in [0.05, 0.1) is 6.10 Å². The fraction of sp³-hybridized carbons (Fsp3) is 0.935. The minimum atomic E-state index is -0.206. The van der Waals surface area contributed by atoms with Gasteiger partial charge in [-0.05, 0) is 32.6 Å². The van der Waals surface area contributed by atoms with Crippen molar-refractivity contribution in [1.29, 1.82) is 0 Å². The van der Waals surface area contributed by atoms with Crippen molar-refractivity contribution >= 4 is 18.5 Å². The van der Waals surface area contributed by atoms with E-state index in [4.69, 9.17) is 9.47 Å². The van der Waals surface area contributed by atoms with Crippen LogP contribution in [0.1, 0.15) is 259 Å². The summed E-state index contributed by atoms with van der Waals surface area (Å²) in [4.78, 5) is 33.5. The quantitative estimate of drug-likeness (QED) is 0.0357. The summed E-state index contributed by atoms with van der Waals surface area (Å²) < 4.78 is 11.1. The van der Waals surface area contributed by atoms with Crippen molar-refractivity contribution in [3.05, 3.63) is 0 Å². The van der Waals surface area contributed by atoms with E-state index in [1.165, 1.54) is 180 Å². The highest BCUT2D eigenvalue weighted by Crippen LogP contribution is 2.17. The third kappa shape index (κ3) is 44.9. The number of ether oxygens (including phenoxy) is 2. The molecule has 0 aliphatic rings. The lowest BCUT2D eigenvalue weighted by Crippen LogP contribution is -2.18. The minimum absolute atomic E-state index is 0.112. The zero-order chi connectivity index (χ0) is 37.7. The maximum Gasteiger partial charge on any atom is 0.306 e. The van der Waals surface area contributed by atoms with Gasteiger partial charge in [0.15, 0.2) is 0 Å². The molecule has 0 aliphatic carbocycles. The standard InChI is InChI=1S/C28H54O3.C18H36O2/c1-3-5-7-9-11-13-14-16-18-20-22-24-28(30)31-27(25-26-29)23-21-19-17-15-12-10-8-6-4-2;1-3-5-6-7-8-9-10-11-12-13-14-15-18(16-17-19)20-4-2/h26-27H,3-25H2,1-2H3;17-18H,3-16H2,1-2H3. The van der Waals surface area contributed by atoms with Gasteiger partial charge in [-0.15, -0.1) is 0 Å². The van der Waals surface area contributed by atoms with Gasteiger partial charge in [-0.3, -0.25) is 4.79 Å². The molecule has 0 fully saturated rings. The molecule has 0 saturated heterocycles. The van der Waals surface area contributed by atoms with E-state index in [2.05, 4.69) is 20.8 Å². The Morgan fingerprint density at radius 2 is 0.706 bits per heavy atom. The lowest BCUT2D eigenvalue weighted by Gasteiger charge is -2.15. The largest absolute Gasteiger partial charge is 0.462 e. The van der Waals surface area contributed by atoms with Crippen LogP contribution in [-0.4, -0.2) is 37.4 Å². The Morgan fingerprint density at radius 3 is 1.04 bits per heavy atom. The first-order chi connectivity index (χ1) is 25.1. The molecule has 304 valence electrons. The van der Waals surface area contributed by atoms with E-state index in [9.17, 15) is 14.4 Å². The summed E-state index contributed by atoms with van der Waals surface area (Å²) in [5, 5.41) is 0. The fourth-order valence-electron chi connectivity index (χ4n) is 6.84.